The second-order valence-electron chi connectivity index (χ2n) is 8.39. The van der Waals surface area contributed by atoms with Crippen LogP contribution in [-0.2, 0) is 22.6 Å². The number of rotatable bonds is 4. The van der Waals surface area contributed by atoms with E-state index in [1.54, 1.807) is 21.9 Å². The van der Waals surface area contributed by atoms with Crippen LogP contribution in [0.5, 0.6) is 0 Å². The first-order valence-electron chi connectivity index (χ1n) is 10.8. The van der Waals surface area contributed by atoms with E-state index in [0.717, 1.165) is 6.20 Å². The van der Waals surface area contributed by atoms with Crippen molar-refractivity contribution in [1.82, 2.24) is 14.8 Å². The summed E-state index contributed by atoms with van der Waals surface area (Å²) in [5, 5.41) is 0. The predicted octanol–water partition coefficient (Wildman–Crippen LogP) is 2.20. The van der Waals surface area contributed by atoms with Crippen molar-refractivity contribution in [3.05, 3.63) is 64.7 Å². The van der Waals surface area contributed by atoms with Crippen LogP contribution >= 0.6 is 0 Å². The smallest absolute Gasteiger partial charge is 0.383 e. The number of aliphatic imine (C=N–C) groups is 1. The maximum Gasteiger partial charge on any atom is 0.473 e. The van der Waals surface area contributed by atoms with Crippen molar-refractivity contribution in [2.24, 2.45) is 10.7 Å². The molecule has 1 aromatic carbocycles. The molecule has 4 rings (SSSR count). The molecule has 8 nitrogen and oxygen atoms in total. The summed E-state index contributed by atoms with van der Waals surface area (Å²) in [6, 6.07) is 6.68. The Morgan fingerprint density at radius 1 is 1.20 bits per heavy atom. The molecule has 0 saturated carbocycles. The third kappa shape index (κ3) is 5.31. The Labute approximate surface area is 197 Å². The molecule has 0 spiro atoms. The normalized spacial score (nSPS) is 18.6. The van der Waals surface area contributed by atoms with E-state index in [-0.39, 0.29) is 47.8 Å². The zero-order valence-electron chi connectivity index (χ0n) is 18.4. The highest BCUT2D eigenvalue weighted by Gasteiger charge is 2.39. The number of carbonyl (C=O) groups excluding carboxylic acids is 3. The average Bonchev–Trinajstić information content (AvgIpc) is 3.15. The van der Waals surface area contributed by atoms with Gasteiger partial charge in [-0.3, -0.25) is 19.4 Å². The van der Waals surface area contributed by atoms with E-state index in [0.29, 0.717) is 37.2 Å². The fourth-order valence-corrected chi connectivity index (χ4v) is 4.19. The topological polar surface area (TPSA) is 109 Å². The molecule has 2 N–H and O–H groups in total. The summed E-state index contributed by atoms with van der Waals surface area (Å²) in [7, 11) is 0. The molecular formula is C23H21F4N5O3. The minimum Gasteiger partial charge on any atom is -0.383 e. The maximum atomic E-state index is 13.1. The third-order valence-corrected chi connectivity index (χ3v) is 6.00. The highest BCUT2D eigenvalue weighted by atomic mass is 19.4. The molecule has 1 atom stereocenters. The Kier molecular flexibility index (Phi) is 6.55. The van der Waals surface area contributed by atoms with E-state index < -0.39 is 17.9 Å². The highest BCUT2D eigenvalue weighted by molar-refractivity contribution is 6.07. The number of carbonyl (C=O) groups is 3. The summed E-state index contributed by atoms with van der Waals surface area (Å²) in [6.07, 6.45) is -2.55. The van der Waals surface area contributed by atoms with Gasteiger partial charge in [0.15, 0.2) is 0 Å². The van der Waals surface area contributed by atoms with Gasteiger partial charge in [0.25, 0.3) is 5.91 Å². The molecule has 1 saturated heterocycles. The van der Waals surface area contributed by atoms with E-state index in [9.17, 15) is 31.9 Å². The molecule has 12 heteroatoms. The monoisotopic (exact) mass is 491 g/mol. The van der Waals surface area contributed by atoms with Gasteiger partial charge < -0.3 is 15.5 Å². The van der Waals surface area contributed by atoms with E-state index in [2.05, 4.69) is 9.98 Å². The van der Waals surface area contributed by atoms with Gasteiger partial charge in [0.05, 0.1) is 30.3 Å². The van der Waals surface area contributed by atoms with Crippen molar-refractivity contribution in [3.63, 3.8) is 0 Å². The van der Waals surface area contributed by atoms with Crippen LogP contribution in [0.3, 0.4) is 0 Å². The number of hydrogen-bond acceptors (Lipinski definition) is 4. The number of hydrogen-bond donors (Lipinski definition) is 1. The first-order valence-corrected chi connectivity index (χ1v) is 10.8. The summed E-state index contributed by atoms with van der Waals surface area (Å²) in [6.45, 7) is 1.03. The van der Waals surface area contributed by atoms with E-state index in [4.69, 9.17) is 5.73 Å². The van der Waals surface area contributed by atoms with Crippen LogP contribution in [0.1, 0.15) is 40.0 Å². The first kappa shape index (κ1) is 24.3. The molecule has 1 fully saturated rings. The van der Waals surface area contributed by atoms with Crippen molar-refractivity contribution in [2.75, 3.05) is 13.1 Å². The van der Waals surface area contributed by atoms with Crippen molar-refractivity contribution in [3.8, 4) is 0 Å². The highest BCUT2D eigenvalue weighted by Crippen LogP contribution is 2.28. The van der Waals surface area contributed by atoms with Gasteiger partial charge in [-0.05, 0) is 36.6 Å². The summed E-state index contributed by atoms with van der Waals surface area (Å²) >= 11 is 0. The second-order valence-corrected chi connectivity index (χ2v) is 8.39. The van der Waals surface area contributed by atoms with Crippen LogP contribution < -0.4 is 5.73 Å². The number of nitrogens with zero attached hydrogens (tertiary/aromatic N) is 4. The number of nitrogens with two attached hydrogens (primary N) is 1. The summed E-state index contributed by atoms with van der Waals surface area (Å²) in [5.74, 6) is -3.95. The quantitative estimate of drug-likeness (QED) is 0.401. The Bertz CT molecular complexity index is 1200. The van der Waals surface area contributed by atoms with Crippen molar-refractivity contribution in [1.29, 1.82) is 0 Å². The zero-order chi connectivity index (χ0) is 25.3. The Hall–Kier alpha value is -3.83. The summed E-state index contributed by atoms with van der Waals surface area (Å²) < 4.78 is 50.5. The molecule has 1 unspecified atom stereocenters. The van der Waals surface area contributed by atoms with Crippen LogP contribution in [0.4, 0.5) is 17.6 Å². The number of pyridine rings is 1. The number of benzene rings is 1. The van der Waals surface area contributed by atoms with E-state index in [1.807, 2.05) is 0 Å². The molecule has 2 aliphatic heterocycles. The number of alkyl halides is 3. The van der Waals surface area contributed by atoms with Crippen molar-refractivity contribution >= 4 is 23.6 Å². The molecule has 2 aliphatic rings. The van der Waals surface area contributed by atoms with Gasteiger partial charge in [0.1, 0.15) is 11.7 Å². The SMILES string of the molecule is NC(=NC(=O)C(F)(F)F)c1cnc2c(c1)C(=O)N(C1CCCN(C(=O)Cc3ccc(F)cc3)C1)C2. The zero-order valence-corrected chi connectivity index (χ0v) is 18.4. The first-order chi connectivity index (χ1) is 16.5. The van der Waals surface area contributed by atoms with Gasteiger partial charge in [-0.15, -0.1) is 0 Å². The number of piperidine rings is 1. The molecule has 35 heavy (non-hydrogen) atoms. The molecular weight excluding hydrogens is 470 g/mol. The number of fused-ring (bicyclic) bond motifs is 1. The number of aromatic nitrogens is 1. The summed E-state index contributed by atoms with van der Waals surface area (Å²) in [4.78, 5) is 47.2. The lowest BCUT2D eigenvalue weighted by Gasteiger charge is -2.37. The third-order valence-electron chi connectivity index (χ3n) is 6.00. The van der Waals surface area contributed by atoms with Crippen LogP contribution in [-0.4, -0.2) is 63.6 Å². The van der Waals surface area contributed by atoms with E-state index in [1.165, 1.54) is 18.2 Å². The number of halogens is 4. The van der Waals surface area contributed by atoms with Crippen molar-refractivity contribution in [2.45, 2.75) is 38.0 Å². The van der Waals surface area contributed by atoms with E-state index >= 15 is 0 Å². The van der Waals surface area contributed by atoms with Gasteiger partial charge in [0, 0.05) is 24.8 Å². The summed E-state index contributed by atoms with van der Waals surface area (Å²) in [5.41, 5.74) is 6.72. The Balaban J connectivity index is 1.45. The molecule has 184 valence electrons. The Morgan fingerprint density at radius 2 is 1.91 bits per heavy atom. The molecule has 0 aliphatic carbocycles. The molecule has 0 bridgehead atoms. The minimum atomic E-state index is -5.16. The van der Waals surface area contributed by atoms with Crippen molar-refractivity contribution < 1.29 is 31.9 Å². The fourth-order valence-electron chi connectivity index (χ4n) is 4.19. The molecule has 3 amide bonds. The van der Waals surface area contributed by atoms with Gasteiger partial charge in [-0.1, -0.05) is 12.1 Å². The lowest BCUT2D eigenvalue weighted by molar-refractivity contribution is -0.169. The van der Waals surface area contributed by atoms with Crippen LogP contribution in [0, 0.1) is 5.82 Å². The van der Waals surface area contributed by atoms with Crippen LogP contribution in [0.2, 0.25) is 0 Å². The standard InChI is InChI=1S/C23H21F4N5O3/c24-15-5-3-13(4-6-15)8-19(33)31-7-1-2-16(11-31)32-12-18-17(21(32)34)9-14(10-29-18)20(28)30-22(35)23(25,26)27/h3-6,9-10,16H,1-2,7-8,11-12H2,(H2,28,30,35). The molecule has 0 radical (unpaired) electrons. The fraction of sp³-hybridized carbons (Fsp3) is 0.348. The molecule has 2 aromatic rings. The van der Waals surface area contributed by atoms with Gasteiger partial charge in [-0.25, -0.2) is 4.39 Å². The number of amides is 3. The second kappa shape index (κ2) is 9.43. The predicted molar refractivity (Wildman–Crippen MR) is 116 cm³/mol. The largest absolute Gasteiger partial charge is 0.473 e. The van der Waals surface area contributed by atoms with Crippen LogP contribution in [0.15, 0.2) is 41.5 Å². The maximum absolute atomic E-state index is 13.1. The average molecular weight is 491 g/mol. The molecule has 1 aromatic heterocycles. The van der Waals surface area contributed by atoms with Crippen LogP contribution in [0.25, 0.3) is 0 Å². The number of likely N-dealkylation sites (tertiary alicyclic amines) is 1. The van der Waals surface area contributed by atoms with Gasteiger partial charge >= 0.3 is 12.1 Å². The number of amidine groups is 1. The Morgan fingerprint density at radius 3 is 2.60 bits per heavy atom. The van der Waals surface area contributed by atoms with Gasteiger partial charge in [-0.2, -0.15) is 18.2 Å². The lowest BCUT2D eigenvalue weighted by atomic mass is 10.0. The lowest BCUT2D eigenvalue weighted by Crippen LogP contribution is -2.50. The van der Waals surface area contributed by atoms with Gasteiger partial charge in [0.2, 0.25) is 5.91 Å². The molecule has 3 heterocycles. The minimum absolute atomic E-state index is 0.0729.